The van der Waals surface area contributed by atoms with Crippen LogP contribution in [0.15, 0.2) is 34.0 Å². The lowest BCUT2D eigenvalue weighted by Crippen LogP contribution is -2.27. The molecule has 0 spiro atoms. The Bertz CT molecular complexity index is 756. The molecule has 0 fully saturated rings. The first-order chi connectivity index (χ1) is 10.1. The zero-order valence-electron chi connectivity index (χ0n) is 11.8. The van der Waals surface area contributed by atoms with E-state index in [-0.39, 0.29) is 17.0 Å². The molecular weight excluding hydrogens is 337 g/mol. The van der Waals surface area contributed by atoms with Crippen molar-refractivity contribution in [3.63, 3.8) is 0 Å². The third kappa shape index (κ3) is 3.47. The minimum Gasteiger partial charge on any atom is -0.248 e. The van der Waals surface area contributed by atoms with Gasteiger partial charge in [-0.3, -0.25) is 0 Å². The molecule has 1 aromatic carbocycles. The van der Waals surface area contributed by atoms with E-state index in [1.54, 1.807) is 10.9 Å². The molecule has 0 aliphatic rings. The first-order valence-electron chi connectivity index (χ1n) is 6.13. The largest absolute Gasteiger partial charge is 0.416 e. The van der Waals surface area contributed by atoms with Crippen LogP contribution in [0.2, 0.25) is 0 Å². The van der Waals surface area contributed by atoms with Crippen molar-refractivity contribution in [2.45, 2.75) is 24.5 Å². The predicted octanol–water partition coefficient (Wildman–Crippen LogP) is 3.29. The number of rotatable bonds is 4. The fourth-order valence-corrected chi connectivity index (χ4v) is 3.59. The molecule has 9 heteroatoms. The van der Waals surface area contributed by atoms with E-state index in [4.69, 9.17) is 0 Å². The summed E-state index contributed by atoms with van der Waals surface area (Å²) in [6, 6.07) is 3.01. The van der Waals surface area contributed by atoms with E-state index in [0.29, 0.717) is 11.8 Å². The van der Waals surface area contributed by atoms with E-state index in [1.165, 1.54) is 31.4 Å². The summed E-state index contributed by atoms with van der Waals surface area (Å²) in [5, 5.41) is 1.68. The monoisotopic (exact) mass is 350 g/mol. The summed E-state index contributed by atoms with van der Waals surface area (Å²) in [5.41, 5.74) is 1.13. The van der Waals surface area contributed by atoms with E-state index in [2.05, 4.69) is 4.98 Å². The highest BCUT2D eigenvalue weighted by Crippen LogP contribution is 2.33. The number of halogens is 3. The van der Waals surface area contributed by atoms with E-state index >= 15 is 0 Å². The van der Waals surface area contributed by atoms with Crippen LogP contribution in [0.4, 0.5) is 13.2 Å². The number of thiazole rings is 1. The van der Waals surface area contributed by atoms with Crippen molar-refractivity contribution in [1.29, 1.82) is 0 Å². The highest BCUT2D eigenvalue weighted by molar-refractivity contribution is 7.89. The fraction of sp³-hybridized carbons (Fsp3) is 0.308. The molecule has 0 atom stereocenters. The second-order valence-electron chi connectivity index (χ2n) is 4.72. The fourth-order valence-electron chi connectivity index (χ4n) is 1.88. The highest BCUT2D eigenvalue weighted by atomic mass is 32.2. The van der Waals surface area contributed by atoms with Crippen LogP contribution in [0.5, 0.6) is 0 Å². The molecule has 0 N–H and O–H groups in total. The Kier molecular flexibility index (Phi) is 4.59. The number of nitrogens with zero attached hydrogens (tertiary/aromatic N) is 2. The number of aryl methyl sites for hydroxylation is 1. The Morgan fingerprint density at radius 3 is 2.55 bits per heavy atom. The van der Waals surface area contributed by atoms with Crippen LogP contribution >= 0.6 is 11.3 Å². The van der Waals surface area contributed by atoms with Crippen LogP contribution in [0, 0.1) is 6.92 Å². The molecule has 0 unspecified atom stereocenters. The standard InChI is InChI=1S/C13H13F3N2O2S2/c1-9-3-4-11(5-12(9)13(14,15)16)22(19,20)18(2)6-10-7-21-8-17-10/h3-5,7-8H,6H2,1-2H3. The molecule has 120 valence electrons. The summed E-state index contributed by atoms with van der Waals surface area (Å²) in [4.78, 5) is 3.58. The molecule has 0 amide bonds. The van der Waals surface area contributed by atoms with Gasteiger partial charge in [-0.15, -0.1) is 11.3 Å². The van der Waals surface area contributed by atoms with Gasteiger partial charge in [0.25, 0.3) is 0 Å². The molecule has 2 aromatic rings. The summed E-state index contributed by atoms with van der Waals surface area (Å²) < 4.78 is 64.5. The van der Waals surface area contributed by atoms with Gasteiger partial charge in [0, 0.05) is 12.4 Å². The second kappa shape index (κ2) is 5.98. The van der Waals surface area contributed by atoms with Crippen LogP contribution in [-0.4, -0.2) is 24.8 Å². The van der Waals surface area contributed by atoms with Gasteiger partial charge in [0.05, 0.1) is 28.2 Å². The number of hydrogen-bond donors (Lipinski definition) is 0. The molecule has 0 bridgehead atoms. The molecule has 0 saturated carbocycles. The summed E-state index contributed by atoms with van der Waals surface area (Å²) in [7, 11) is -2.71. The molecule has 1 aromatic heterocycles. The van der Waals surface area contributed by atoms with Gasteiger partial charge < -0.3 is 0 Å². The minimum absolute atomic E-state index is 0.00105. The van der Waals surface area contributed by atoms with Gasteiger partial charge in [0.15, 0.2) is 0 Å². The summed E-state index contributed by atoms with van der Waals surface area (Å²) in [6.07, 6.45) is -4.59. The molecule has 2 rings (SSSR count). The first-order valence-corrected chi connectivity index (χ1v) is 8.52. The van der Waals surface area contributed by atoms with Gasteiger partial charge in [0.2, 0.25) is 10.0 Å². The maximum Gasteiger partial charge on any atom is 0.416 e. The molecule has 0 saturated heterocycles. The lowest BCUT2D eigenvalue weighted by Gasteiger charge is -2.18. The zero-order chi connectivity index (χ0) is 16.5. The average molecular weight is 350 g/mol. The molecular formula is C13H13F3N2O2S2. The summed E-state index contributed by atoms with van der Waals surface area (Å²) >= 11 is 1.31. The van der Waals surface area contributed by atoms with E-state index < -0.39 is 21.8 Å². The molecule has 0 aliphatic carbocycles. The van der Waals surface area contributed by atoms with Crippen molar-refractivity contribution in [3.8, 4) is 0 Å². The summed E-state index contributed by atoms with van der Waals surface area (Å²) in [5.74, 6) is 0. The van der Waals surface area contributed by atoms with Crippen molar-refractivity contribution in [2.24, 2.45) is 0 Å². The van der Waals surface area contributed by atoms with Crippen LogP contribution in [0.25, 0.3) is 0 Å². The van der Waals surface area contributed by atoms with Gasteiger partial charge in [-0.25, -0.2) is 13.4 Å². The number of sulfonamides is 1. The molecule has 1 heterocycles. The smallest absolute Gasteiger partial charge is 0.248 e. The molecule has 22 heavy (non-hydrogen) atoms. The number of benzene rings is 1. The highest BCUT2D eigenvalue weighted by Gasteiger charge is 2.34. The van der Waals surface area contributed by atoms with Crippen LogP contribution in [0.3, 0.4) is 0 Å². The normalized spacial score (nSPS) is 12.8. The van der Waals surface area contributed by atoms with Gasteiger partial charge in [-0.1, -0.05) is 6.07 Å². The maximum absolute atomic E-state index is 12.9. The van der Waals surface area contributed by atoms with Crippen LogP contribution in [0.1, 0.15) is 16.8 Å². The third-order valence-corrected chi connectivity index (χ3v) is 5.53. The summed E-state index contributed by atoms with van der Waals surface area (Å²) in [6.45, 7) is 1.29. The van der Waals surface area contributed by atoms with Gasteiger partial charge >= 0.3 is 6.18 Å². The molecule has 0 radical (unpaired) electrons. The van der Waals surface area contributed by atoms with E-state index in [1.807, 2.05) is 0 Å². The Morgan fingerprint density at radius 2 is 2.00 bits per heavy atom. The molecule has 4 nitrogen and oxygen atoms in total. The van der Waals surface area contributed by atoms with Gasteiger partial charge in [-0.05, 0) is 24.6 Å². The zero-order valence-corrected chi connectivity index (χ0v) is 13.4. The Morgan fingerprint density at radius 1 is 1.32 bits per heavy atom. The van der Waals surface area contributed by atoms with Crippen LogP contribution < -0.4 is 0 Å². The average Bonchev–Trinajstić information content (AvgIpc) is 2.90. The lowest BCUT2D eigenvalue weighted by atomic mass is 10.1. The topological polar surface area (TPSA) is 50.3 Å². The number of hydrogen-bond acceptors (Lipinski definition) is 4. The third-order valence-electron chi connectivity index (χ3n) is 3.09. The first kappa shape index (κ1) is 16.9. The second-order valence-corrected chi connectivity index (χ2v) is 7.48. The van der Waals surface area contributed by atoms with E-state index in [0.717, 1.165) is 10.4 Å². The Labute approximate surface area is 130 Å². The van der Waals surface area contributed by atoms with Crippen molar-refractivity contribution in [1.82, 2.24) is 9.29 Å². The number of aromatic nitrogens is 1. The minimum atomic E-state index is -4.59. The SMILES string of the molecule is Cc1ccc(S(=O)(=O)N(C)Cc2cscn2)cc1C(F)(F)F. The quantitative estimate of drug-likeness (QED) is 0.850. The Balaban J connectivity index is 2.37. The van der Waals surface area contributed by atoms with E-state index in [9.17, 15) is 21.6 Å². The van der Waals surface area contributed by atoms with Gasteiger partial charge in [-0.2, -0.15) is 17.5 Å². The predicted molar refractivity (Wildman–Crippen MR) is 76.9 cm³/mol. The van der Waals surface area contributed by atoms with Crippen LogP contribution in [-0.2, 0) is 22.7 Å². The Hall–Kier alpha value is -1.45. The van der Waals surface area contributed by atoms with Crippen molar-refractivity contribution in [2.75, 3.05) is 7.05 Å². The van der Waals surface area contributed by atoms with Crippen molar-refractivity contribution >= 4 is 21.4 Å². The maximum atomic E-state index is 12.9. The van der Waals surface area contributed by atoms with Crippen molar-refractivity contribution in [3.05, 3.63) is 45.9 Å². The lowest BCUT2D eigenvalue weighted by molar-refractivity contribution is -0.138. The molecule has 0 aliphatic heterocycles. The van der Waals surface area contributed by atoms with Gasteiger partial charge in [0.1, 0.15) is 0 Å². The number of alkyl halides is 3. The van der Waals surface area contributed by atoms with Crippen molar-refractivity contribution < 1.29 is 21.6 Å².